The van der Waals surface area contributed by atoms with E-state index >= 15 is 0 Å². The molecule has 0 aliphatic carbocycles. The highest BCUT2D eigenvalue weighted by atomic mass is 32.1. The lowest BCUT2D eigenvalue weighted by Gasteiger charge is -2.46. The van der Waals surface area contributed by atoms with Gasteiger partial charge in [0.1, 0.15) is 5.69 Å². The zero-order valence-corrected chi connectivity index (χ0v) is 15.1. The van der Waals surface area contributed by atoms with Crippen LogP contribution in [0.4, 0.5) is 5.69 Å². The fourth-order valence-electron chi connectivity index (χ4n) is 3.69. The van der Waals surface area contributed by atoms with Crippen LogP contribution in [-0.2, 0) is 11.8 Å². The number of nitrogens with zero attached hydrogens (tertiary/aromatic N) is 6. The average Bonchev–Trinajstić information content (AvgIpc) is 3.32. The van der Waals surface area contributed by atoms with Crippen molar-refractivity contribution in [2.75, 3.05) is 38.1 Å². The van der Waals surface area contributed by atoms with Gasteiger partial charge in [-0.1, -0.05) is 0 Å². The molecule has 1 unspecified atom stereocenters. The third-order valence-electron chi connectivity index (χ3n) is 5.21. The first kappa shape index (κ1) is 16.2. The first-order valence-corrected chi connectivity index (χ1v) is 9.10. The van der Waals surface area contributed by atoms with Crippen molar-refractivity contribution in [1.29, 1.82) is 0 Å². The minimum absolute atomic E-state index is 0.0312. The number of aromatic nitrogens is 3. The van der Waals surface area contributed by atoms with Crippen LogP contribution in [0.1, 0.15) is 16.9 Å². The Morgan fingerprint density at radius 2 is 2.16 bits per heavy atom. The molecule has 1 atom stereocenters. The van der Waals surface area contributed by atoms with E-state index in [1.54, 1.807) is 26.7 Å². The second-order valence-corrected chi connectivity index (χ2v) is 7.50. The van der Waals surface area contributed by atoms with Gasteiger partial charge in [-0.2, -0.15) is 5.10 Å². The number of thiazole rings is 1. The lowest BCUT2D eigenvalue weighted by atomic mass is 9.93. The van der Waals surface area contributed by atoms with E-state index in [2.05, 4.69) is 15.0 Å². The Balaban J connectivity index is 1.56. The van der Waals surface area contributed by atoms with Gasteiger partial charge in [0.2, 0.25) is 5.91 Å². The van der Waals surface area contributed by atoms with Gasteiger partial charge in [0.15, 0.2) is 0 Å². The zero-order valence-electron chi connectivity index (χ0n) is 14.3. The van der Waals surface area contributed by atoms with Crippen LogP contribution in [0.15, 0.2) is 23.3 Å². The fourth-order valence-corrected chi connectivity index (χ4v) is 4.22. The normalized spacial score (nSPS) is 24.5. The van der Waals surface area contributed by atoms with Crippen molar-refractivity contribution in [3.05, 3.63) is 29.0 Å². The van der Waals surface area contributed by atoms with Gasteiger partial charge < -0.3 is 9.80 Å². The van der Waals surface area contributed by atoms with Gasteiger partial charge in [0.25, 0.3) is 5.91 Å². The maximum Gasteiger partial charge on any atom is 0.273 e. The Labute approximate surface area is 149 Å². The largest absolute Gasteiger partial charge is 0.335 e. The van der Waals surface area contributed by atoms with Gasteiger partial charge in [-0.3, -0.25) is 19.2 Å². The summed E-state index contributed by atoms with van der Waals surface area (Å²) < 4.78 is 1.69. The van der Waals surface area contributed by atoms with Crippen molar-refractivity contribution >= 4 is 28.8 Å². The first-order valence-electron chi connectivity index (χ1n) is 8.16. The lowest BCUT2D eigenvalue weighted by Crippen LogP contribution is -2.64. The summed E-state index contributed by atoms with van der Waals surface area (Å²) in [6.45, 7) is 2.18. The molecule has 25 heavy (non-hydrogen) atoms. The first-order chi connectivity index (χ1) is 12.0. The van der Waals surface area contributed by atoms with Crippen molar-refractivity contribution < 1.29 is 9.59 Å². The molecular weight excluding hydrogens is 340 g/mol. The molecule has 2 aromatic heterocycles. The zero-order chi connectivity index (χ0) is 17.6. The number of carbonyl (C=O) groups is 2. The molecule has 4 heterocycles. The highest BCUT2D eigenvalue weighted by molar-refractivity contribution is 7.07. The molecule has 2 aliphatic rings. The number of hydrogen-bond acceptors (Lipinski definition) is 6. The molecule has 1 spiro atoms. The van der Waals surface area contributed by atoms with Gasteiger partial charge in [-0.05, 0) is 13.5 Å². The molecule has 132 valence electrons. The Morgan fingerprint density at radius 3 is 2.84 bits per heavy atom. The van der Waals surface area contributed by atoms with Crippen molar-refractivity contribution in [3.63, 3.8) is 0 Å². The summed E-state index contributed by atoms with van der Waals surface area (Å²) in [5, 5.41) is 5.96. The van der Waals surface area contributed by atoms with Gasteiger partial charge in [-0.15, -0.1) is 11.3 Å². The number of amides is 2. The van der Waals surface area contributed by atoms with E-state index in [-0.39, 0.29) is 17.4 Å². The molecule has 0 bridgehead atoms. The third-order valence-corrected chi connectivity index (χ3v) is 5.80. The number of piperazine rings is 1. The van der Waals surface area contributed by atoms with Crippen LogP contribution in [0.2, 0.25) is 0 Å². The minimum atomic E-state index is -0.227. The molecule has 2 aliphatic heterocycles. The van der Waals surface area contributed by atoms with Crippen molar-refractivity contribution in [3.8, 4) is 0 Å². The van der Waals surface area contributed by atoms with Crippen molar-refractivity contribution in [1.82, 2.24) is 24.6 Å². The lowest BCUT2D eigenvalue weighted by molar-refractivity contribution is -0.123. The average molecular weight is 360 g/mol. The highest BCUT2D eigenvalue weighted by Gasteiger charge is 2.49. The predicted molar refractivity (Wildman–Crippen MR) is 93.6 cm³/mol. The van der Waals surface area contributed by atoms with Gasteiger partial charge >= 0.3 is 0 Å². The third kappa shape index (κ3) is 2.73. The number of rotatable bonds is 2. The number of anilines is 1. The van der Waals surface area contributed by atoms with Crippen LogP contribution < -0.4 is 4.90 Å². The van der Waals surface area contributed by atoms with Crippen LogP contribution in [0, 0.1) is 0 Å². The number of carbonyl (C=O) groups excluding carboxylic acids is 2. The summed E-state index contributed by atoms with van der Waals surface area (Å²) in [6.07, 6.45) is 4.40. The topological polar surface area (TPSA) is 74.6 Å². The van der Waals surface area contributed by atoms with E-state index in [1.165, 1.54) is 11.3 Å². The van der Waals surface area contributed by atoms with Crippen molar-refractivity contribution in [2.24, 2.45) is 7.05 Å². The molecule has 9 heteroatoms. The van der Waals surface area contributed by atoms with E-state index in [1.807, 2.05) is 25.2 Å². The number of likely N-dealkylation sites (tertiary alicyclic amines) is 1. The molecule has 0 aromatic carbocycles. The molecule has 4 rings (SSSR count). The summed E-state index contributed by atoms with van der Waals surface area (Å²) in [5.74, 6) is 0.0294. The van der Waals surface area contributed by atoms with Crippen molar-refractivity contribution in [2.45, 2.75) is 12.0 Å². The molecule has 2 aromatic rings. The van der Waals surface area contributed by atoms with E-state index in [4.69, 9.17) is 0 Å². The summed E-state index contributed by atoms with van der Waals surface area (Å²) in [6, 6.07) is 0. The molecule has 8 nitrogen and oxygen atoms in total. The Hall–Kier alpha value is -2.26. The standard InChI is InChI=1S/C16H20N6O2S/c1-19-7-14(23)22(12-5-18-20(2)6-12)10-16(19)3-4-21(9-16)15(24)13-8-25-11-17-13/h5-6,8,11H,3-4,7,9-10H2,1-2H3. The molecule has 2 amide bonds. The number of hydrogen-bond donors (Lipinski definition) is 0. The second-order valence-electron chi connectivity index (χ2n) is 6.78. The van der Waals surface area contributed by atoms with Crippen LogP contribution in [-0.4, -0.2) is 75.1 Å². The molecule has 0 N–H and O–H groups in total. The Morgan fingerprint density at radius 1 is 1.32 bits per heavy atom. The Bertz CT molecular complexity index is 803. The highest BCUT2D eigenvalue weighted by Crippen LogP contribution is 2.33. The molecule has 2 saturated heterocycles. The molecule has 0 saturated carbocycles. The van der Waals surface area contributed by atoms with Crippen LogP contribution in [0.5, 0.6) is 0 Å². The van der Waals surface area contributed by atoms with Gasteiger partial charge in [-0.25, -0.2) is 4.98 Å². The van der Waals surface area contributed by atoms with Gasteiger partial charge in [0, 0.05) is 38.3 Å². The smallest absolute Gasteiger partial charge is 0.273 e. The summed E-state index contributed by atoms with van der Waals surface area (Å²) in [5.41, 5.74) is 2.76. The van der Waals surface area contributed by atoms with Crippen LogP contribution >= 0.6 is 11.3 Å². The SMILES string of the molecule is CN1CC(=O)N(c2cnn(C)c2)CC12CCN(C(=O)c1cscn1)C2. The van der Waals surface area contributed by atoms with E-state index in [0.717, 1.165) is 12.1 Å². The number of aryl methyl sites for hydroxylation is 1. The van der Waals surface area contributed by atoms with E-state index in [0.29, 0.717) is 31.9 Å². The number of likely N-dealkylation sites (N-methyl/N-ethyl adjacent to an activating group) is 1. The molecular formula is C16H20N6O2S. The maximum absolute atomic E-state index is 12.6. The second kappa shape index (κ2) is 5.92. The minimum Gasteiger partial charge on any atom is -0.335 e. The monoisotopic (exact) mass is 360 g/mol. The van der Waals surface area contributed by atoms with Crippen LogP contribution in [0.25, 0.3) is 0 Å². The van der Waals surface area contributed by atoms with Gasteiger partial charge in [0.05, 0.1) is 29.5 Å². The summed E-state index contributed by atoms with van der Waals surface area (Å²) in [4.78, 5) is 35.0. The summed E-state index contributed by atoms with van der Waals surface area (Å²) >= 11 is 1.42. The predicted octanol–water partition coefficient (Wildman–Crippen LogP) is 0.440. The quantitative estimate of drug-likeness (QED) is 0.777. The van der Waals surface area contributed by atoms with Crippen LogP contribution in [0.3, 0.4) is 0 Å². The van der Waals surface area contributed by atoms with E-state index < -0.39 is 0 Å². The maximum atomic E-state index is 12.6. The Kier molecular flexibility index (Phi) is 3.84. The van der Waals surface area contributed by atoms with E-state index in [9.17, 15) is 9.59 Å². The molecule has 2 fully saturated rings. The fraction of sp³-hybridized carbons (Fsp3) is 0.500. The summed E-state index contributed by atoms with van der Waals surface area (Å²) in [7, 11) is 3.80. The molecule has 0 radical (unpaired) electrons.